The van der Waals surface area contributed by atoms with Crippen LogP contribution in [-0.2, 0) is 18.8 Å². The molecule has 0 N–H and O–H groups in total. The molecule has 2 unspecified atom stereocenters. The second kappa shape index (κ2) is 8.64. The number of carbonyl (C=O) groups is 2. The smallest absolute Gasteiger partial charge is 0.322 e. The van der Waals surface area contributed by atoms with Crippen LogP contribution in [0, 0.1) is 10.8 Å². The van der Waals surface area contributed by atoms with E-state index in [0.717, 1.165) is 10.4 Å². The first-order valence-electron chi connectivity index (χ1n) is 10.2. The van der Waals surface area contributed by atoms with Gasteiger partial charge >= 0.3 is 5.97 Å². The summed E-state index contributed by atoms with van der Waals surface area (Å²) in [6.07, 6.45) is 1.00. The van der Waals surface area contributed by atoms with Crippen LogP contribution in [0.2, 0.25) is 0 Å². The van der Waals surface area contributed by atoms with Gasteiger partial charge in [0.15, 0.2) is 11.2 Å². The van der Waals surface area contributed by atoms with Gasteiger partial charge in [-0.2, -0.15) is 0 Å². The number of methoxy groups -OCH3 is 1. The monoisotopic (exact) mass is 410 g/mol. The molecule has 2 aromatic carbocycles. The van der Waals surface area contributed by atoms with E-state index >= 15 is 0 Å². The maximum atomic E-state index is 13.1. The Morgan fingerprint density at radius 3 is 1.90 bits per heavy atom. The van der Waals surface area contributed by atoms with Crippen molar-refractivity contribution in [3.63, 3.8) is 0 Å². The lowest BCUT2D eigenvalue weighted by molar-refractivity contribution is -0.168. The van der Waals surface area contributed by atoms with Crippen LogP contribution in [0.4, 0.5) is 0 Å². The summed E-state index contributed by atoms with van der Waals surface area (Å²) in [6, 6.07) is 20.3. The van der Waals surface area contributed by atoms with Gasteiger partial charge < -0.3 is 9.16 Å². The van der Waals surface area contributed by atoms with Crippen LogP contribution < -0.4 is 10.4 Å². The molecule has 1 fully saturated rings. The molecule has 0 spiro atoms. The fourth-order valence-corrected chi connectivity index (χ4v) is 7.23. The highest BCUT2D eigenvalue weighted by atomic mass is 28.3. The third kappa shape index (κ3) is 4.21. The minimum Gasteiger partial charge on any atom is -0.468 e. The number of carbonyl (C=O) groups excluding carboxylic acids is 2. The number of hydrogen-bond donors (Lipinski definition) is 0. The summed E-state index contributed by atoms with van der Waals surface area (Å²) in [4.78, 5) is 26.1. The lowest BCUT2D eigenvalue weighted by Gasteiger charge is -2.43. The molecule has 154 valence electrons. The topological polar surface area (TPSA) is 52.6 Å². The second-order valence-electron chi connectivity index (χ2n) is 8.82. The van der Waals surface area contributed by atoms with Gasteiger partial charge in [0.05, 0.1) is 13.2 Å². The predicted octanol–water partition coefficient (Wildman–Crippen LogP) is 2.87. The molecule has 0 saturated heterocycles. The van der Waals surface area contributed by atoms with Gasteiger partial charge in [-0.15, -0.1) is 0 Å². The number of Topliss-reactive ketones (excluding diaryl/α,β-unsaturated/α-hetero) is 1. The van der Waals surface area contributed by atoms with E-state index in [2.05, 4.69) is 24.3 Å². The highest BCUT2D eigenvalue weighted by Crippen LogP contribution is 2.47. The zero-order valence-electron chi connectivity index (χ0n) is 17.7. The van der Waals surface area contributed by atoms with Crippen molar-refractivity contribution in [2.45, 2.75) is 46.1 Å². The van der Waals surface area contributed by atoms with Crippen LogP contribution in [0.1, 0.15) is 40.0 Å². The van der Waals surface area contributed by atoms with Crippen molar-refractivity contribution < 1.29 is 18.8 Å². The SMILES string of the molecule is COC(=O)C1(C(O[SiH](c2ccccc2)c2ccccc2)C(C)(C)C)CCCC1=O. The van der Waals surface area contributed by atoms with Crippen molar-refractivity contribution in [3.8, 4) is 0 Å². The molecule has 0 radical (unpaired) electrons. The first kappa shape index (κ1) is 21.5. The van der Waals surface area contributed by atoms with Gasteiger partial charge in [-0.25, -0.2) is 0 Å². The fourth-order valence-electron chi connectivity index (χ4n) is 4.47. The molecular weight excluding hydrogens is 380 g/mol. The van der Waals surface area contributed by atoms with Gasteiger partial charge in [0.25, 0.3) is 0 Å². The first-order valence-corrected chi connectivity index (χ1v) is 11.8. The molecule has 5 heteroatoms. The summed E-state index contributed by atoms with van der Waals surface area (Å²) in [5.74, 6) is -0.521. The van der Waals surface area contributed by atoms with Gasteiger partial charge in [0.2, 0.25) is 9.04 Å². The molecule has 2 atom stereocenters. The first-order chi connectivity index (χ1) is 13.8. The molecule has 1 aliphatic carbocycles. The highest BCUT2D eigenvalue weighted by molar-refractivity contribution is 6.80. The lowest BCUT2D eigenvalue weighted by Crippen LogP contribution is -2.59. The van der Waals surface area contributed by atoms with E-state index < -0.39 is 31.9 Å². The van der Waals surface area contributed by atoms with E-state index in [9.17, 15) is 9.59 Å². The Morgan fingerprint density at radius 2 is 1.52 bits per heavy atom. The number of rotatable bonds is 6. The van der Waals surface area contributed by atoms with Crippen molar-refractivity contribution in [1.29, 1.82) is 0 Å². The normalized spacial score (nSPS) is 20.7. The van der Waals surface area contributed by atoms with Gasteiger partial charge in [0, 0.05) is 6.42 Å². The number of benzene rings is 2. The van der Waals surface area contributed by atoms with Crippen LogP contribution in [0.25, 0.3) is 0 Å². The van der Waals surface area contributed by atoms with Crippen LogP contribution in [0.5, 0.6) is 0 Å². The Hall–Kier alpha value is -2.24. The average Bonchev–Trinajstić information content (AvgIpc) is 3.10. The molecule has 0 amide bonds. The number of esters is 1. The summed E-state index contributed by atoms with van der Waals surface area (Å²) < 4.78 is 12.0. The molecule has 29 heavy (non-hydrogen) atoms. The van der Waals surface area contributed by atoms with E-state index in [-0.39, 0.29) is 5.78 Å². The zero-order chi connectivity index (χ0) is 21.1. The molecule has 3 rings (SSSR count). The minimum absolute atomic E-state index is 0.0573. The third-order valence-electron chi connectivity index (χ3n) is 5.73. The quantitative estimate of drug-likeness (QED) is 0.417. The zero-order valence-corrected chi connectivity index (χ0v) is 18.8. The van der Waals surface area contributed by atoms with E-state index in [0.29, 0.717) is 19.3 Å². The van der Waals surface area contributed by atoms with E-state index in [4.69, 9.17) is 9.16 Å². The number of ether oxygens (including phenoxy) is 1. The molecule has 0 aromatic heterocycles. The third-order valence-corrected chi connectivity index (χ3v) is 8.26. The molecule has 0 heterocycles. The lowest BCUT2D eigenvalue weighted by atomic mass is 9.69. The Kier molecular flexibility index (Phi) is 6.39. The van der Waals surface area contributed by atoms with Crippen molar-refractivity contribution in [2.24, 2.45) is 10.8 Å². The summed E-state index contributed by atoms with van der Waals surface area (Å²) >= 11 is 0. The molecule has 2 aromatic rings. The Bertz CT molecular complexity index is 805. The molecular formula is C24H30O4Si. The minimum atomic E-state index is -2.15. The molecule has 1 saturated carbocycles. The molecule has 0 aliphatic heterocycles. The largest absolute Gasteiger partial charge is 0.468 e. The van der Waals surface area contributed by atoms with Gasteiger partial charge in [-0.1, -0.05) is 81.4 Å². The summed E-state index contributed by atoms with van der Waals surface area (Å²) in [5.41, 5.74) is -1.65. The highest BCUT2D eigenvalue weighted by Gasteiger charge is 2.59. The summed E-state index contributed by atoms with van der Waals surface area (Å²) in [7, 11) is -0.788. The maximum Gasteiger partial charge on any atom is 0.322 e. The molecule has 0 bridgehead atoms. The van der Waals surface area contributed by atoms with Crippen LogP contribution >= 0.6 is 0 Å². The molecule has 4 nitrogen and oxygen atoms in total. The Labute approximate surface area is 175 Å². The Balaban J connectivity index is 2.11. The number of hydrogen-bond acceptors (Lipinski definition) is 4. The second-order valence-corrected chi connectivity index (χ2v) is 11.2. The summed E-state index contributed by atoms with van der Waals surface area (Å²) in [6.45, 7) is 6.11. The predicted molar refractivity (Wildman–Crippen MR) is 117 cm³/mol. The van der Waals surface area contributed by atoms with Crippen LogP contribution in [0.3, 0.4) is 0 Å². The van der Waals surface area contributed by atoms with Gasteiger partial charge in [0.1, 0.15) is 0 Å². The van der Waals surface area contributed by atoms with E-state index in [1.54, 1.807) is 0 Å². The van der Waals surface area contributed by atoms with Crippen LogP contribution in [0.15, 0.2) is 60.7 Å². The van der Waals surface area contributed by atoms with Crippen LogP contribution in [-0.4, -0.2) is 34.0 Å². The van der Waals surface area contributed by atoms with Gasteiger partial charge in [-0.05, 0) is 28.6 Å². The fraction of sp³-hybridized carbons (Fsp3) is 0.417. The van der Waals surface area contributed by atoms with Crippen molar-refractivity contribution in [2.75, 3.05) is 7.11 Å². The molecule has 1 aliphatic rings. The average molecular weight is 411 g/mol. The summed E-state index contributed by atoms with van der Waals surface area (Å²) in [5, 5.41) is 2.25. The standard InChI is InChI=1S/C24H30O4Si/c1-23(2,3)21(24(22(26)27-4)17-11-16-20(24)25)28-29(18-12-7-5-8-13-18)19-14-9-6-10-15-19/h5-10,12-15,21,29H,11,16-17H2,1-4H3. The van der Waals surface area contributed by atoms with Crippen molar-refractivity contribution >= 4 is 31.2 Å². The Morgan fingerprint density at radius 1 is 1.00 bits per heavy atom. The van der Waals surface area contributed by atoms with E-state index in [1.165, 1.54) is 7.11 Å². The van der Waals surface area contributed by atoms with E-state index in [1.807, 2.05) is 57.2 Å². The number of ketones is 1. The van der Waals surface area contributed by atoms with Crippen molar-refractivity contribution in [3.05, 3.63) is 60.7 Å². The maximum absolute atomic E-state index is 13.1. The van der Waals surface area contributed by atoms with Crippen molar-refractivity contribution in [1.82, 2.24) is 0 Å². The van der Waals surface area contributed by atoms with Gasteiger partial charge in [-0.3, -0.25) is 9.59 Å².